The van der Waals surface area contributed by atoms with E-state index < -0.39 is 0 Å². The highest BCUT2D eigenvalue weighted by Crippen LogP contribution is 2.41. The van der Waals surface area contributed by atoms with Crippen LogP contribution in [0.5, 0.6) is 11.5 Å². The molecular formula is C25H17BrCl3NO3S2. The third-order valence-corrected chi connectivity index (χ3v) is 7.95. The van der Waals surface area contributed by atoms with Crippen molar-refractivity contribution >= 4 is 96.7 Å². The molecule has 1 saturated heterocycles. The average molecular weight is 630 g/mol. The standard InChI is InChI=1S/C25H17BrCl3NO3S2/c1-2-32-21-10-15(9-20(29)23(21)33-13-14-3-5-16(27)6-4-14)11-22-24(31)30(25(34)35-22)17-7-8-18(26)19(28)12-17/h3-12H,2,13H2,1H3/b22-11+. The second-order valence-electron chi connectivity index (χ2n) is 7.29. The molecule has 1 fully saturated rings. The molecule has 0 N–H and O–H groups in total. The highest BCUT2D eigenvalue weighted by Gasteiger charge is 2.33. The number of ether oxygens (including phenoxy) is 2. The summed E-state index contributed by atoms with van der Waals surface area (Å²) in [5.74, 6) is 0.670. The minimum Gasteiger partial charge on any atom is -0.490 e. The van der Waals surface area contributed by atoms with E-state index in [9.17, 15) is 4.79 Å². The largest absolute Gasteiger partial charge is 0.490 e. The maximum absolute atomic E-state index is 13.2. The van der Waals surface area contributed by atoms with Crippen molar-refractivity contribution in [1.29, 1.82) is 0 Å². The molecule has 3 aromatic carbocycles. The van der Waals surface area contributed by atoms with Crippen molar-refractivity contribution in [2.24, 2.45) is 0 Å². The summed E-state index contributed by atoms with van der Waals surface area (Å²) in [6.07, 6.45) is 1.73. The van der Waals surface area contributed by atoms with E-state index in [2.05, 4.69) is 15.9 Å². The van der Waals surface area contributed by atoms with Gasteiger partial charge in [-0.15, -0.1) is 0 Å². The van der Waals surface area contributed by atoms with Gasteiger partial charge in [0.2, 0.25) is 0 Å². The van der Waals surface area contributed by atoms with E-state index in [0.29, 0.717) is 60.3 Å². The number of hydrogen-bond acceptors (Lipinski definition) is 5. The summed E-state index contributed by atoms with van der Waals surface area (Å²) in [7, 11) is 0. The van der Waals surface area contributed by atoms with Gasteiger partial charge in [-0.05, 0) is 82.5 Å². The Morgan fingerprint density at radius 2 is 1.77 bits per heavy atom. The van der Waals surface area contributed by atoms with E-state index in [1.807, 2.05) is 19.1 Å². The van der Waals surface area contributed by atoms with E-state index in [1.54, 1.807) is 48.5 Å². The van der Waals surface area contributed by atoms with Gasteiger partial charge in [-0.25, -0.2) is 0 Å². The first-order valence-corrected chi connectivity index (χ1v) is 13.5. The van der Waals surface area contributed by atoms with Crippen LogP contribution in [0.2, 0.25) is 15.1 Å². The van der Waals surface area contributed by atoms with Crippen LogP contribution in [0, 0.1) is 0 Å². The van der Waals surface area contributed by atoms with Gasteiger partial charge in [-0.1, -0.05) is 70.9 Å². The molecule has 0 atom stereocenters. The Morgan fingerprint density at radius 1 is 1.03 bits per heavy atom. The second kappa shape index (κ2) is 11.5. The van der Waals surface area contributed by atoms with E-state index in [1.165, 1.54) is 16.7 Å². The number of rotatable bonds is 7. The summed E-state index contributed by atoms with van der Waals surface area (Å²) < 4.78 is 12.9. The number of thiocarbonyl (C=S) groups is 1. The van der Waals surface area contributed by atoms with Crippen LogP contribution in [-0.4, -0.2) is 16.8 Å². The number of hydrogen-bond donors (Lipinski definition) is 0. The molecular weight excluding hydrogens is 613 g/mol. The molecule has 1 amide bonds. The molecule has 10 heteroatoms. The minimum atomic E-state index is -0.240. The number of thioether (sulfide) groups is 1. The first kappa shape index (κ1) is 26.3. The molecule has 0 saturated carbocycles. The first-order chi connectivity index (χ1) is 16.8. The van der Waals surface area contributed by atoms with Crippen molar-refractivity contribution in [3.63, 3.8) is 0 Å². The second-order valence-corrected chi connectivity index (χ2v) is 11.1. The number of carbonyl (C=O) groups is 1. The SMILES string of the molecule is CCOc1cc(/C=C2/SC(=S)N(c3ccc(Br)c(Cl)c3)C2=O)cc(Cl)c1OCc1ccc(Cl)cc1. The lowest BCUT2D eigenvalue weighted by Crippen LogP contribution is -2.27. The third-order valence-electron chi connectivity index (χ3n) is 4.88. The fraction of sp³-hybridized carbons (Fsp3) is 0.120. The number of carbonyl (C=O) groups excluding carboxylic acids is 1. The summed E-state index contributed by atoms with van der Waals surface area (Å²) in [6, 6.07) is 16.1. The molecule has 0 unspecified atom stereocenters. The Hall–Kier alpha value is -1.74. The Bertz CT molecular complexity index is 1330. The van der Waals surface area contributed by atoms with Crippen molar-refractivity contribution in [3.05, 3.63) is 90.2 Å². The zero-order chi connectivity index (χ0) is 25.1. The third kappa shape index (κ3) is 6.16. The fourth-order valence-corrected chi connectivity index (χ4v) is 5.40. The van der Waals surface area contributed by atoms with E-state index in [-0.39, 0.29) is 5.91 Å². The smallest absolute Gasteiger partial charge is 0.270 e. The molecule has 0 spiro atoms. The molecule has 4 nitrogen and oxygen atoms in total. The van der Waals surface area contributed by atoms with Crippen LogP contribution in [0.1, 0.15) is 18.1 Å². The van der Waals surface area contributed by atoms with Gasteiger partial charge in [0.15, 0.2) is 15.8 Å². The Morgan fingerprint density at radius 3 is 2.46 bits per heavy atom. The summed E-state index contributed by atoms with van der Waals surface area (Å²) in [6.45, 7) is 2.59. The molecule has 1 aliphatic heterocycles. The van der Waals surface area contributed by atoms with Crippen LogP contribution >= 0.6 is 74.7 Å². The molecule has 0 radical (unpaired) electrons. The number of amides is 1. The summed E-state index contributed by atoms with van der Waals surface area (Å²) in [5.41, 5.74) is 2.23. The lowest BCUT2D eigenvalue weighted by atomic mass is 10.1. The molecule has 3 aromatic rings. The van der Waals surface area contributed by atoms with Gasteiger partial charge >= 0.3 is 0 Å². The molecule has 4 rings (SSSR count). The predicted molar refractivity (Wildman–Crippen MR) is 153 cm³/mol. The number of nitrogens with zero attached hydrogens (tertiary/aromatic N) is 1. The maximum atomic E-state index is 13.2. The lowest BCUT2D eigenvalue weighted by molar-refractivity contribution is -0.113. The van der Waals surface area contributed by atoms with E-state index in [4.69, 9.17) is 56.5 Å². The normalized spacial score (nSPS) is 14.7. The zero-order valence-electron chi connectivity index (χ0n) is 18.2. The van der Waals surface area contributed by atoms with Gasteiger partial charge < -0.3 is 9.47 Å². The van der Waals surface area contributed by atoms with Crippen LogP contribution in [0.15, 0.2) is 64.0 Å². The summed E-state index contributed by atoms with van der Waals surface area (Å²) >= 11 is 28.8. The molecule has 1 heterocycles. The quantitative estimate of drug-likeness (QED) is 0.193. The van der Waals surface area contributed by atoms with Crippen LogP contribution in [0.4, 0.5) is 5.69 Å². The number of halogens is 4. The van der Waals surface area contributed by atoms with Crippen molar-refractivity contribution in [2.45, 2.75) is 13.5 Å². The number of anilines is 1. The molecule has 0 bridgehead atoms. The van der Waals surface area contributed by atoms with Gasteiger partial charge in [-0.3, -0.25) is 9.69 Å². The zero-order valence-corrected chi connectivity index (χ0v) is 23.7. The van der Waals surface area contributed by atoms with Gasteiger partial charge in [-0.2, -0.15) is 0 Å². The summed E-state index contributed by atoms with van der Waals surface area (Å²) in [4.78, 5) is 15.1. The average Bonchev–Trinajstić information content (AvgIpc) is 3.09. The maximum Gasteiger partial charge on any atom is 0.270 e. The van der Waals surface area contributed by atoms with Gasteiger partial charge in [0, 0.05) is 9.50 Å². The van der Waals surface area contributed by atoms with Gasteiger partial charge in [0.25, 0.3) is 5.91 Å². The van der Waals surface area contributed by atoms with Crippen LogP contribution in [0.25, 0.3) is 6.08 Å². The monoisotopic (exact) mass is 627 g/mol. The lowest BCUT2D eigenvalue weighted by Gasteiger charge is -2.15. The Labute approximate surface area is 236 Å². The topological polar surface area (TPSA) is 38.8 Å². The van der Waals surface area contributed by atoms with Gasteiger partial charge in [0.05, 0.1) is 27.2 Å². The van der Waals surface area contributed by atoms with Crippen molar-refractivity contribution in [2.75, 3.05) is 11.5 Å². The van der Waals surface area contributed by atoms with E-state index in [0.717, 1.165) is 10.0 Å². The molecule has 180 valence electrons. The summed E-state index contributed by atoms with van der Waals surface area (Å²) in [5, 5.41) is 1.51. The number of benzene rings is 3. The highest BCUT2D eigenvalue weighted by molar-refractivity contribution is 9.10. The fourth-order valence-electron chi connectivity index (χ4n) is 3.28. The van der Waals surface area contributed by atoms with Crippen LogP contribution in [0.3, 0.4) is 0 Å². The molecule has 35 heavy (non-hydrogen) atoms. The van der Waals surface area contributed by atoms with Crippen LogP contribution in [-0.2, 0) is 11.4 Å². The predicted octanol–water partition coefficient (Wildman–Crippen LogP) is 8.79. The van der Waals surface area contributed by atoms with Gasteiger partial charge in [0.1, 0.15) is 6.61 Å². The van der Waals surface area contributed by atoms with E-state index >= 15 is 0 Å². The van der Waals surface area contributed by atoms with Crippen LogP contribution < -0.4 is 14.4 Å². The molecule has 0 aromatic heterocycles. The molecule has 1 aliphatic rings. The first-order valence-electron chi connectivity index (χ1n) is 10.3. The highest BCUT2D eigenvalue weighted by atomic mass is 79.9. The van der Waals surface area contributed by atoms with Crippen molar-refractivity contribution < 1.29 is 14.3 Å². The minimum absolute atomic E-state index is 0.240. The molecule has 0 aliphatic carbocycles. The Balaban J connectivity index is 1.60. The van der Waals surface area contributed by atoms with Crippen molar-refractivity contribution in [3.8, 4) is 11.5 Å². The van der Waals surface area contributed by atoms with Crippen molar-refractivity contribution in [1.82, 2.24) is 0 Å². The Kier molecular flexibility index (Phi) is 8.68.